The van der Waals surface area contributed by atoms with Crippen LogP contribution in [0.1, 0.15) is 34.6 Å². The van der Waals surface area contributed by atoms with Crippen molar-refractivity contribution in [1.82, 2.24) is 10.6 Å². The summed E-state index contributed by atoms with van der Waals surface area (Å²) < 4.78 is 6.22. The Morgan fingerprint density at radius 1 is 1.03 bits per heavy atom. The van der Waals surface area contributed by atoms with Crippen molar-refractivity contribution < 1.29 is 14.0 Å². The van der Waals surface area contributed by atoms with Gasteiger partial charge in [-0.25, -0.2) is 0 Å². The van der Waals surface area contributed by atoms with Crippen LogP contribution in [-0.2, 0) is 11.3 Å². The number of hydrogen-bond acceptors (Lipinski definition) is 4. The highest BCUT2D eigenvalue weighted by atomic mass is 79.9. The molecule has 1 heterocycles. The Bertz CT molecular complexity index is 956. The summed E-state index contributed by atoms with van der Waals surface area (Å²) in [7, 11) is 0. The third-order valence-electron chi connectivity index (χ3n) is 4.39. The van der Waals surface area contributed by atoms with Crippen LogP contribution in [0.4, 0.5) is 5.69 Å². The highest BCUT2D eigenvalue weighted by molar-refractivity contribution is 9.10. The molecular formula is C22H22BrN3O3. The number of hydrogen-bond donors (Lipinski definition) is 3. The molecule has 6 nitrogen and oxygen atoms in total. The molecule has 0 fully saturated rings. The molecule has 1 aromatic heterocycles. The van der Waals surface area contributed by atoms with E-state index in [0.717, 1.165) is 10.0 Å². The topological polar surface area (TPSA) is 83.4 Å². The largest absolute Gasteiger partial charge is 0.467 e. The SMILES string of the molecule is C[C@H](NCC(=O)Nc1ccccc1C(=O)NCc1ccco1)c1ccc(Br)cc1. The highest BCUT2D eigenvalue weighted by Crippen LogP contribution is 2.17. The summed E-state index contributed by atoms with van der Waals surface area (Å²) in [6.07, 6.45) is 1.55. The van der Waals surface area contributed by atoms with Crippen molar-refractivity contribution in [2.75, 3.05) is 11.9 Å². The Kier molecular flexibility index (Phi) is 7.21. The van der Waals surface area contributed by atoms with Crippen LogP contribution < -0.4 is 16.0 Å². The molecule has 0 saturated heterocycles. The van der Waals surface area contributed by atoms with E-state index >= 15 is 0 Å². The maximum Gasteiger partial charge on any atom is 0.253 e. The number of amides is 2. The van der Waals surface area contributed by atoms with E-state index in [1.165, 1.54) is 0 Å². The van der Waals surface area contributed by atoms with Gasteiger partial charge in [0.05, 0.1) is 30.6 Å². The van der Waals surface area contributed by atoms with E-state index in [9.17, 15) is 9.59 Å². The summed E-state index contributed by atoms with van der Waals surface area (Å²) >= 11 is 3.41. The number of halogens is 1. The van der Waals surface area contributed by atoms with Gasteiger partial charge in [0, 0.05) is 10.5 Å². The van der Waals surface area contributed by atoms with Gasteiger partial charge in [-0.3, -0.25) is 9.59 Å². The predicted octanol–water partition coefficient (Wildman–Crippen LogP) is 4.26. The molecular weight excluding hydrogens is 434 g/mol. The number of nitrogens with one attached hydrogen (secondary N) is 3. The van der Waals surface area contributed by atoms with E-state index in [0.29, 0.717) is 17.0 Å². The maximum absolute atomic E-state index is 12.5. The van der Waals surface area contributed by atoms with E-state index in [2.05, 4.69) is 31.9 Å². The first-order valence-electron chi connectivity index (χ1n) is 9.21. The van der Waals surface area contributed by atoms with Gasteiger partial charge in [0.25, 0.3) is 5.91 Å². The van der Waals surface area contributed by atoms with Crippen molar-refractivity contribution in [3.05, 3.63) is 88.3 Å². The lowest BCUT2D eigenvalue weighted by molar-refractivity contribution is -0.115. The third-order valence-corrected chi connectivity index (χ3v) is 4.92. The molecule has 150 valence electrons. The summed E-state index contributed by atoms with van der Waals surface area (Å²) in [6.45, 7) is 2.40. The minimum Gasteiger partial charge on any atom is -0.467 e. The van der Waals surface area contributed by atoms with Crippen molar-refractivity contribution in [3.8, 4) is 0 Å². The molecule has 0 saturated carbocycles. The number of para-hydroxylation sites is 1. The first-order valence-corrected chi connectivity index (χ1v) is 10.0. The lowest BCUT2D eigenvalue weighted by atomic mass is 10.1. The maximum atomic E-state index is 12.5. The zero-order valence-electron chi connectivity index (χ0n) is 15.9. The summed E-state index contributed by atoms with van der Waals surface area (Å²) in [6, 6.07) is 18.4. The summed E-state index contributed by atoms with van der Waals surface area (Å²) in [5.41, 5.74) is 1.94. The van der Waals surface area contributed by atoms with Crippen LogP contribution >= 0.6 is 15.9 Å². The first kappa shape index (κ1) is 20.8. The lowest BCUT2D eigenvalue weighted by Gasteiger charge is -2.15. The second kappa shape index (κ2) is 10.0. The second-order valence-corrected chi connectivity index (χ2v) is 7.43. The summed E-state index contributed by atoms with van der Waals surface area (Å²) in [4.78, 5) is 24.9. The van der Waals surface area contributed by atoms with Gasteiger partial charge in [0.2, 0.25) is 5.91 Å². The van der Waals surface area contributed by atoms with Gasteiger partial charge in [0.1, 0.15) is 5.76 Å². The zero-order chi connectivity index (χ0) is 20.6. The Hall–Kier alpha value is -2.90. The molecule has 2 aromatic carbocycles. The van der Waals surface area contributed by atoms with Crippen LogP contribution in [0.5, 0.6) is 0 Å². The Balaban J connectivity index is 1.56. The quantitative estimate of drug-likeness (QED) is 0.473. The molecule has 0 radical (unpaired) electrons. The third kappa shape index (κ3) is 6.04. The second-order valence-electron chi connectivity index (χ2n) is 6.51. The number of benzene rings is 2. The highest BCUT2D eigenvalue weighted by Gasteiger charge is 2.14. The summed E-state index contributed by atoms with van der Waals surface area (Å²) in [5.74, 6) is 0.153. The molecule has 2 amide bonds. The molecule has 7 heteroatoms. The fraction of sp³-hybridized carbons (Fsp3) is 0.182. The van der Waals surface area contributed by atoms with Gasteiger partial charge in [0.15, 0.2) is 0 Å². The fourth-order valence-electron chi connectivity index (χ4n) is 2.78. The molecule has 0 bridgehead atoms. The minimum atomic E-state index is -0.284. The van der Waals surface area contributed by atoms with Gasteiger partial charge in [-0.1, -0.05) is 40.2 Å². The van der Waals surface area contributed by atoms with Crippen LogP contribution in [-0.4, -0.2) is 18.4 Å². The standard InChI is InChI=1S/C22H22BrN3O3/c1-15(16-8-10-17(23)11-9-16)24-14-21(27)26-20-7-3-2-6-19(20)22(28)25-13-18-5-4-12-29-18/h2-12,15,24H,13-14H2,1H3,(H,25,28)(H,26,27)/t15-/m0/s1. The average molecular weight is 456 g/mol. The zero-order valence-corrected chi connectivity index (χ0v) is 17.5. The fourth-order valence-corrected chi connectivity index (χ4v) is 3.04. The van der Waals surface area contributed by atoms with E-state index in [4.69, 9.17) is 4.42 Å². The van der Waals surface area contributed by atoms with Gasteiger partial charge in [-0.15, -0.1) is 0 Å². The molecule has 1 atom stereocenters. The molecule has 0 unspecified atom stereocenters. The van der Waals surface area contributed by atoms with Crippen molar-refractivity contribution >= 4 is 33.4 Å². The van der Waals surface area contributed by atoms with Crippen molar-refractivity contribution in [2.24, 2.45) is 0 Å². The number of anilines is 1. The number of carbonyl (C=O) groups excluding carboxylic acids is 2. The molecule has 3 rings (SSSR count). The van der Waals surface area contributed by atoms with Gasteiger partial charge >= 0.3 is 0 Å². The lowest BCUT2D eigenvalue weighted by Crippen LogP contribution is -2.31. The van der Waals surface area contributed by atoms with Crippen LogP contribution in [0.25, 0.3) is 0 Å². The minimum absolute atomic E-state index is 0.0145. The number of furan rings is 1. The van der Waals surface area contributed by atoms with Crippen molar-refractivity contribution in [3.63, 3.8) is 0 Å². The van der Waals surface area contributed by atoms with Crippen LogP contribution in [0, 0.1) is 0 Å². The molecule has 0 aliphatic carbocycles. The number of rotatable bonds is 8. The van der Waals surface area contributed by atoms with Gasteiger partial charge in [-0.2, -0.15) is 0 Å². The molecule has 3 aromatic rings. The van der Waals surface area contributed by atoms with Crippen LogP contribution in [0.3, 0.4) is 0 Å². The first-order chi connectivity index (χ1) is 14.0. The summed E-state index contributed by atoms with van der Waals surface area (Å²) in [5, 5.41) is 8.79. The van der Waals surface area contributed by atoms with Gasteiger partial charge in [-0.05, 0) is 48.9 Å². The van der Waals surface area contributed by atoms with Crippen molar-refractivity contribution in [1.29, 1.82) is 0 Å². The number of carbonyl (C=O) groups is 2. The van der Waals surface area contributed by atoms with Gasteiger partial charge < -0.3 is 20.4 Å². The monoisotopic (exact) mass is 455 g/mol. The Morgan fingerprint density at radius 2 is 1.79 bits per heavy atom. The molecule has 0 spiro atoms. The normalized spacial score (nSPS) is 11.7. The molecule has 0 aliphatic heterocycles. The Morgan fingerprint density at radius 3 is 2.52 bits per heavy atom. The van der Waals surface area contributed by atoms with E-state index in [1.54, 1.807) is 42.7 Å². The molecule has 3 N–H and O–H groups in total. The molecule has 0 aliphatic rings. The average Bonchev–Trinajstić information content (AvgIpc) is 3.25. The van der Waals surface area contributed by atoms with E-state index in [1.807, 2.05) is 31.2 Å². The van der Waals surface area contributed by atoms with E-state index < -0.39 is 0 Å². The Labute approximate surface area is 177 Å². The van der Waals surface area contributed by atoms with E-state index in [-0.39, 0.29) is 30.9 Å². The van der Waals surface area contributed by atoms with Crippen molar-refractivity contribution in [2.45, 2.75) is 19.5 Å². The smallest absolute Gasteiger partial charge is 0.253 e. The molecule has 29 heavy (non-hydrogen) atoms. The van der Waals surface area contributed by atoms with Crippen LogP contribution in [0.15, 0.2) is 75.8 Å². The van der Waals surface area contributed by atoms with Crippen LogP contribution in [0.2, 0.25) is 0 Å². The predicted molar refractivity (Wildman–Crippen MR) is 116 cm³/mol.